The summed E-state index contributed by atoms with van der Waals surface area (Å²) in [5.41, 5.74) is 2.33. The third-order valence-corrected chi connectivity index (χ3v) is 5.93. The number of para-hydroxylation sites is 1. The Morgan fingerprint density at radius 1 is 1.12 bits per heavy atom. The summed E-state index contributed by atoms with van der Waals surface area (Å²) < 4.78 is 2.21. The summed E-state index contributed by atoms with van der Waals surface area (Å²) in [5, 5.41) is 9.40. The van der Waals surface area contributed by atoms with Crippen molar-refractivity contribution in [1.29, 1.82) is 0 Å². The topological polar surface area (TPSA) is 51.0 Å². The molecule has 3 heterocycles. The van der Waals surface area contributed by atoms with Gasteiger partial charge in [-0.3, -0.25) is 4.79 Å². The van der Waals surface area contributed by atoms with Crippen molar-refractivity contribution in [2.45, 2.75) is 56.0 Å². The Morgan fingerprint density at radius 3 is 2.92 bits per heavy atom. The summed E-state index contributed by atoms with van der Waals surface area (Å²) >= 11 is 1.54. The zero-order valence-electron chi connectivity index (χ0n) is 13.9. The van der Waals surface area contributed by atoms with Gasteiger partial charge in [0.15, 0.2) is 5.16 Å². The van der Waals surface area contributed by atoms with Crippen LogP contribution in [0.2, 0.25) is 0 Å². The van der Waals surface area contributed by atoms with Crippen molar-refractivity contribution in [3.63, 3.8) is 0 Å². The molecular formula is C18H22N4OS. The van der Waals surface area contributed by atoms with Gasteiger partial charge < -0.3 is 9.47 Å². The molecule has 1 atom stereocenters. The Morgan fingerprint density at radius 2 is 2.00 bits per heavy atom. The number of carbonyl (C=O) groups is 1. The summed E-state index contributed by atoms with van der Waals surface area (Å²) in [4.78, 5) is 14.8. The van der Waals surface area contributed by atoms with E-state index in [1.807, 2.05) is 30.0 Å². The number of nitrogens with zero attached hydrogens (tertiary/aromatic N) is 4. The molecule has 0 bridgehead atoms. The minimum absolute atomic E-state index is 0.160. The molecule has 0 aliphatic carbocycles. The molecule has 0 radical (unpaired) electrons. The quantitative estimate of drug-likeness (QED) is 0.805. The first kappa shape index (κ1) is 15.7. The Bertz CT molecular complexity index is 757. The number of fused-ring (bicyclic) bond motifs is 2. The summed E-state index contributed by atoms with van der Waals surface area (Å²) in [6.45, 7) is 3.73. The highest BCUT2D eigenvalue weighted by molar-refractivity contribution is 8.00. The first-order chi connectivity index (χ1) is 11.7. The van der Waals surface area contributed by atoms with Gasteiger partial charge in [-0.1, -0.05) is 36.4 Å². The van der Waals surface area contributed by atoms with Gasteiger partial charge in [0.05, 0.1) is 5.25 Å². The number of thioether (sulfide) groups is 1. The first-order valence-electron chi connectivity index (χ1n) is 8.72. The second-order valence-corrected chi connectivity index (χ2v) is 7.80. The minimum Gasteiger partial charge on any atom is -0.311 e. The number of anilines is 1. The van der Waals surface area contributed by atoms with E-state index >= 15 is 0 Å². The summed E-state index contributed by atoms with van der Waals surface area (Å²) in [6, 6.07) is 8.19. The normalized spacial score (nSPS) is 18.0. The van der Waals surface area contributed by atoms with Crippen LogP contribution in [0, 0.1) is 0 Å². The van der Waals surface area contributed by atoms with Crippen molar-refractivity contribution >= 4 is 23.4 Å². The van der Waals surface area contributed by atoms with Gasteiger partial charge in [-0.05, 0) is 37.8 Å². The van der Waals surface area contributed by atoms with Crippen LogP contribution in [-0.4, -0.2) is 32.5 Å². The summed E-state index contributed by atoms with van der Waals surface area (Å²) in [7, 11) is 0. The molecule has 2 aromatic rings. The van der Waals surface area contributed by atoms with Crippen molar-refractivity contribution in [3.05, 3.63) is 35.7 Å². The van der Waals surface area contributed by atoms with E-state index in [2.05, 4.69) is 20.8 Å². The number of carbonyl (C=O) groups excluding carboxylic acids is 1. The number of benzene rings is 1. The zero-order valence-corrected chi connectivity index (χ0v) is 14.8. The molecule has 1 amide bonds. The van der Waals surface area contributed by atoms with Crippen LogP contribution in [0.1, 0.15) is 37.6 Å². The fourth-order valence-corrected chi connectivity index (χ4v) is 4.50. The van der Waals surface area contributed by atoms with Crippen LogP contribution in [0.4, 0.5) is 5.69 Å². The third kappa shape index (κ3) is 2.83. The highest BCUT2D eigenvalue weighted by atomic mass is 32.2. The summed E-state index contributed by atoms with van der Waals surface area (Å²) in [6.07, 6.45) is 5.53. The lowest BCUT2D eigenvalue weighted by Gasteiger charge is -2.21. The van der Waals surface area contributed by atoms with E-state index in [0.29, 0.717) is 0 Å². The standard InChI is InChI=1S/C18H22N4OS/c1-13(17(23)21-12-10-14-7-4-5-8-15(14)21)24-18-20-19-16-9-3-2-6-11-22(16)18/h4-5,7-8,13H,2-3,6,9-12H2,1H3/t13-/m0/s1. The molecule has 0 spiro atoms. The highest BCUT2D eigenvalue weighted by Crippen LogP contribution is 2.31. The fraction of sp³-hybridized carbons (Fsp3) is 0.500. The predicted molar refractivity (Wildman–Crippen MR) is 95.4 cm³/mol. The Hall–Kier alpha value is -1.82. The number of aromatic nitrogens is 3. The number of amides is 1. The van der Waals surface area contributed by atoms with Gasteiger partial charge >= 0.3 is 0 Å². The van der Waals surface area contributed by atoms with Crippen LogP contribution in [0.5, 0.6) is 0 Å². The van der Waals surface area contributed by atoms with Crippen LogP contribution in [0.25, 0.3) is 0 Å². The lowest BCUT2D eigenvalue weighted by Crippen LogP contribution is -2.35. The Labute approximate surface area is 146 Å². The van der Waals surface area contributed by atoms with Crippen LogP contribution >= 0.6 is 11.8 Å². The lowest BCUT2D eigenvalue weighted by atomic mass is 10.2. The Balaban J connectivity index is 1.50. The van der Waals surface area contributed by atoms with E-state index in [-0.39, 0.29) is 11.2 Å². The molecule has 126 valence electrons. The average molecular weight is 342 g/mol. The molecule has 4 rings (SSSR count). The number of hydrogen-bond donors (Lipinski definition) is 0. The molecule has 1 aromatic carbocycles. The maximum atomic E-state index is 12.9. The molecule has 2 aliphatic heterocycles. The number of hydrogen-bond acceptors (Lipinski definition) is 4. The smallest absolute Gasteiger partial charge is 0.240 e. The van der Waals surface area contributed by atoms with Crippen LogP contribution in [0.3, 0.4) is 0 Å². The van der Waals surface area contributed by atoms with Crippen molar-refractivity contribution in [2.75, 3.05) is 11.4 Å². The van der Waals surface area contributed by atoms with E-state index in [1.165, 1.54) is 24.8 Å². The van der Waals surface area contributed by atoms with Crippen molar-refractivity contribution in [2.24, 2.45) is 0 Å². The van der Waals surface area contributed by atoms with Crippen LogP contribution < -0.4 is 4.90 Å². The highest BCUT2D eigenvalue weighted by Gasteiger charge is 2.29. The van der Waals surface area contributed by atoms with Crippen LogP contribution in [0.15, 0.2) is 29.4 Å². The molecule has 5 nitrogen and oxygen atoms in total. The second-order valence-electron chi connectivity index (χ2n) is 6.49. The van der Waals surface area contributed by atoms with E-state index in [4.69, 9.17) is 0 Å². The SMILES string of the molecule is C[C@H](Sc1nnc2n1CCCCC2)C(=O)N1CCc2ccccc21. The average Bonchev–Trinajstić information content (AvgIpc) is 3.11. The van der Waals surface area contributed by atoms with E-state index in [9.17, 15) is 4.79 Å². The van der Waals surface area contributed by atoms with Gasteiger partial charge in [0.25, 0.3) is 0 Å². The molecule has 6 heteroatoms. The molecule has 0 fully saturated rings. The van der Waals surface area contributed by atoms with Gasteiger partial charge in [0.1, 0.15) is 5.82 Å². The predicted octanol–water partition coefficient (Wildman–Crippen LogP) is 3.07. The van der Waals surface area contributed by atoms with Gasteiger partial charge in [0, 0.05) is 25.2 Å². The number of rotatable bonds is 3. The second kappa shape index (κ2) is 6.59. The molecular weight excluding hydrogens is 320 g/mol. The largest absolute Gasteiger partial charge is 0.311 e. The van der Waals surface area contributed by atoms with Crippen molar-refractivity contribution in [3.8, 4) is 0 Å². The van der Waals surface area contributed by atoms with Gasteiger partial charge in [-0.25, -0.2) is 0 Å². The van der Waals surface area contributed by atoms with Gasteiger partial charge in [-0.2, -0.15) is 0 Å². The molecule has 24 heavy (non-hydrogen) atoms. The third-order valence-electron chi connectivity index (χ3n) is 4.86. The van der Waals surface area contributed by atoms with Crippen molar-refractivity contribution in [1.82, 2.24) is 14.8 Å². The van der Waals surface area contributed by atoms with E-state index in [1.54, 1.807) is 11.8 Å². The van der Waals surface area contributed by atoms with E-state index < -0.39 is 0 Å². The van der Waals surface area contributed by atoms with E-state index in [0.717, 1.165) is 42.6 Å². The monoisotopic (exact) mass is 342 g/mol. The first-order valence-corrected chi connectivity index (χ1v) is 9.60. The molecule has 0 saturated heterocycles. The van der Waals surface area contributed by atoms with Crippen LogP contribution in [-0.2, 0) is 24.2 Å². The molecule has 2 aliphatic rings. The molecule has 0 unspecified atom stereocenters. The van der Waals surface area contributed by atoms with Gasteiger partial charge in [0.2, 0.25) is 5.91 Å². The van der Waals surface area contributed by atoms with Gasteiger partial charge in [-0.15, -0.1) is 10.2 Å². The Kier molecular flexibility index (Phi) is 4.31. The lowest BCUT2D eigenvalue weighted by molar-refractivity contribution is -0.117. The van der Waals surface area contributed by atoms with Crippen molar-refractivity contribution < 1.29 is 4.79 Å². The maximum Gasteiger partial charge on any atom is 0.240 e. The number of aryl methyl sites for hydroxylation is 1. The molecule has 0 saturated carbocycles. The zero-order chi connectivity index (χ0) is 16.5. The molecule has 1 aromatic heterocycles. The minimum atomic E-state index is -0.160. The maximum absolute atomic E-state index is 12.9. The fourth-order valence-electron chi connectivity index (χ4n) is 3.54. The summed E-state index contributed by atoms with van der Waals surface area (Å²) in [5.74, 6) is 1.23. The molecule has 0 N–H and O–H groups in total.